The van der Waals surface area contributed by atoms with Crippen LogP contribution in [0.15, 0.2) is 30.3 Å². The van der Waals surface area contributed by atoms with Gasteiger partial charge in [0.1, 0.15) is 6.54 Å². The maximum Gasteiger partial charge on any atom is 0.323 e. The molecule has 1 rings (SSSR count). The minimum Gasteiger partial charge on any atom is -0.480 e. The van der Waals surface area contributed by atoms with E-state index in [-0.39, 0.29) is 6.54 Å². The van der Waals surface area contributed by atoms with Gasteiger partial charge in [0.2, 0.25) is 6.41 Å². The number of carbonyl (C=O) groups excluding carboxylic acids is 1. The van der Waals surface area contributed by atoms with Gasteiger partial charge in [-0.25, -0.2) is 0 Å². The van der Waals surface area contributed by atoms with Gasteiger partial charge >= 0.3 is 5.97 Å². The summed E-state index contributed by atoms with van der Waals surface area (Å²) >= 11 is 0. The normalized spacial score (nSPS) is 9.50. The number of anilines is 1. The number of rotatable bonds is 7. The Balaban J connectivity index is 2.63. The number of nitrogens with zero attached hydrogens (tertiary/aromatic N) is 1. The Kier molecular flexibility index (Phi) is 4.85. The maximum absolute atomic E-state index is 10.7. The van der Waals surface area contributed by atoms with Gasteiger partial charge in [-0.15, -0.1) is 0 Å². The summed E-state index contributed by atoms with van der Waals surface area (Å²) in [4.78, 5) is 22.5. The third kappa shape index (κ3) is 4.00. The number of para-hydroxylation sites is 1. The van der Waals surface area contributed by atoms with Crippen molar-refractivity contribution in [2.24, 2.45) is 0 Å². The minimum atomic E-state index is -0.894. The second kappa shape index (κ2) is 6.44. The number of aliphatic carboxylic acids is 1. The number of hydrogen-bond donors (Lipinski definition) is 2. The molecule has 0 atom stereocenters. The van der Waals surface area contributed by atoms with Crippen molar-refractivity contribution >= 4 is 18.1 Å². The molecular formula is C11H14N2O3. The molecule has 2 N–H and O–H groups in total. The maximum atomic E-state index is 10.7. The Morgan fingerprint density at radius 1 is 1.38 bits per heavy atom. The van der Waals surface area contributed by atoms with Gasteiger partial charge in [-0.1, -0.05) is 18.2 Å². The fraction of sp³-hybridized carbons (Fsp3) is 0.273. The lowest BCUT2D eigenvalue weighted by molar-refractivity contribution is -0.135. The highest BCUT2D eigenvalue weighted by Gasteiger charge is 2.09. The van der Waals surface area contributed by atoms with Crippen LogP contribution in [0.3, 0.4) is 0 Å². The molecule has 0 heterocycles. The van der Waals surface area contributed by atoms with Crippen LogP contribution in [-0.4, -0.2) is 37.1 Å². The first-order chi connectivity index (χ1) is 7.74. The van der Waals surface area contributed by atoms with Crippen LogP contribution in [0.25, 0.3) is 0 Å². The number of amides is 1. The molecule has 0 saturated carbocycles. The van der Waals surface area contributed by atoms with E-state index < -0.39 is 5.97 Å². The quantitative estimate of drug-likeness (QED) is 0.515. The van der Waals surface area contributed by atoms with Crippen LogP contribution in [0, 0.1) is 0 Å². The summed E-state index contributed by atoms with van der Waals surface area (Å²) in [5.41, 5.74) is 0.831. The Morgan fingerprint density at radius 3 is 2.62 bits per heavy atom. The molecule has 0 spiro atoms. The standard InChI is InChI=1S/C11H14N2O3/c14-9-12-6-7-13(8-11(15)16)10-4-2-1-3-5-10/h1-5,9H,6-8H2,(H,12,14)(H,15,16). The lowest BCUT2D eigenvalue weighted by Gasteiger charge is -2.22. The van der Waals surface area contributed by atoms with Crippen LogP contribution >= 0.6 is 0 Å². The van der Waals surface area contributed by atoms with Crippen LogP contribution in [0.2, 0.25) is 0 Å². The summed E-state index contributed by atoms with van der Waals surface area (Å²) in [6.07, 6.45) is 0.601. The van der Waals surface area contributed by atoms with E-state index in [1.807, 2.05) is 30.3 Å². The predicted octanol–water partition coefficient (Wildman–Crippen LogP) is 0.324. The summed E-state index contributed by atoms with van der Waals surface area (Å²) in [7, 11) is 0. The lowest BCUT2D eigenvalue weighted by atomic mass is 10.3. The van der Waals surface area contributed by atoms with E-state index in [0.29, 0.717) is 19.5 Å². The lowest BCUT2D eigenvalue weighted by Crippen LogP contribution is -2.35. The van der Waals surface area contributed by atoms with E-state index in [2.05, 4.69) is 5.32 Å². The summed E-state index contributed by atoms with van der Waals surface area (Å²) < 4.78 is 0. The van der Waals surface area contributed by atoms with Crippen molar-refractivity contribution in [2.45, 2.75) is 0 Å². The van der Waals surface area contributed by atoms with Crippen molar-refractivity contribution < 1.29 is 14.7 Å². The number of benzene rings is 1. The van der Waals surface area contributed by atoms with Crippen molar-refractivity contribution in [2.75, 3.05) is 24.5 Å². The number of carbonyl (C=O) groups is 2. The van der Waals surface area contributed by atoms with E-state index in [1.165, 1.54) is 0 Å². The smallest absolute Gasteiger partial charge is 0.323 e. The molecule has 0 aliphatic rings. The van der Waals surface area contributed by atoms with Crippen LogP contribution in [0.4, 0.5) is 5.69 Å². The first kappa shape index (κ1) is 12.0. The molecule has 5 heteroatoms. The summed E-state index contributed by atoms with van der Waals surface area (Å²) in [5.74, 6) is -0.894. The zero-order valence-electron chi connectivity index (χ0n) is 8.80. The van der Waals surface area contributed by atoms with Gasteiger partial charge in [0, 0.05) is 18.8 Å². The monoisotopic (exact) mass is 222 g/mol. The van der Waals surface area contributed by atoms with Crippen LogP contribution in [0.5, 0.6) is 0 Å². The average molecular weight is 222 g/mol. The van der Waals surface area contributed by atoms with Gasteiger partial charge in [-0.05, 0) is 12.1 Å². The third-order valence-corrected chi connectivity index (χ3v) is 2.06. The SMILES string of the molecule is O=CNCCN(CC(=O)O)c1ccccc1. The van der Waals surface area contributed by atoms with E-state index in [1.54, 1.807) is 4.90 Å². The molecule has 1 amide bonds. The highest BCUT2D eigenvalue weighted by atomic mass is 16.4. The Morgan fingerprint density at radius 2 is 2.06 bits per heavy atom. The molecule has 0 fully saturated rings. The molecule has 0 bridgehead atoms. The fourth-order valence-corrected chi connectivity index (χ4v) is 1.36. The molecule has 0 aliphatic heterocycles. The Labute approximate surface area is 93.7 Å². The zero-order chi connectivity index (χ0) is 11.8. The van der Waals surface area contributed by atoms with Crippen molar-refractivity contribution in [1.82, 2.24) is 5.32 Å². The first-order valence-corrected chi connectivity index (χ1v) is 4.93. The molecule has 0 saturated heterocycles. The van der Waals surface area contributed by atoms with Gasteiger partial charge < -0.3 is 15.3 Å². The highest BCUT2D eigenvalue weighted by molar-refractivity contribution is 5.73. The van der Waals surface area contributed by atoms with Crippen LogP contribution < -0.4 is 10.2 Å². The zero-order valence-corrected chi connectivity index (χ0v) is 8.80. The summed E-state index contributed by atoms with van der Waals surface area (Å²) in [6, 6.07) is 9.23. The Hall–Kier alpha value is -2.04. The van der Waals surface area contributed by atoms with E-state index in [4.69, 9.17) is 5.11 Å². The van der Waals surface area contributed by atoms with Gasteiger partial charge in [0.05, 0.1) is 0 Å². The molecule has 0 radical (unpaired) electrons. The van der Waals surface area contributed by atoms with E-state index >= 15 is 0 Å². The number of carboxylic acids is 1. The van der Waals surface area contributed by atoms with E-state index in [0.717, 1.165) is 5.69 Å². The molecule has 0 aliphatic carbocycles. The predicted molar refractivity (Wildman–Crippen MR) is 60.4 cm³/mol. The second-order valence-electron chi connectivity index (χ2n) is 3.22. The summed E-state index contributed by atoms with van der Waals surface area (Å²) in [6.45, 7) is 0.811. The molecular weight excluding hydrogens is 208 g/mol. The van der Waals surface area contributed by atoms with Crippen molar-refractivity contribution in [3.63, 3.8) is 0 Å². The van der Waals surface area contributed by atoms with Crippen molar-refractivity contribution in [1.29, 1.82) is 0 Å². The van der Waals surface area contributed by atoms with Gasteiger partial charge in [0.25, 0.3) is 0 Å². The van der Waals surface area contributed by atoms with E-state index in [9.17, 15) is 9.59 Å². The molecule has 1 aromatic carbocycles. The molecule has 1 aromatic rings. The van der Waals surface area contributed by atoms with Gasteiger partial charge in [-0.3, -0.25) is 9.59 Å². The molecule has 5 nitrogen and oxygen atoms in total. The minimum absolute atomic E-state index is 0.0788. The molecule has 86 valence electrons. The highest BCUT2D eigenvalue weighted by Crippen LogP contribution is 2.11. The number of carboxylic acid groups (broad SMARTS) is 1. The van der Waals surface area contributed by atoms with Crippen LogP contribution in [-0.2, 0) is 9.59 Å². The third-order valence-electron chi connectivity index (χ3n) is 2.06. The van der Waals surface area contributed by atoms with Gasteiger partial charge in [0.15, 0.2) is 0 Å². The second-order valence-corrected chi connectivity index (χ2v) is 3.22. The number of nitrogens with one attached hydrogen (secondary N) is 1. The summed E-state index contributed by atoms with van der Waals surface area (Å²) in [5, 5.41) is 11.3. The van der Waals surface area contributed by atoms with Gasteiger partial charge in [-0.2, -0.15) is 0 Å². The number of hydrogen-bond acceptors (Lipinski definition) is 3. The van der Waals surface area contributed by atoms with Crippen LogP contribution in [0.1, 0.15) is 0 Å². The molecule has 16 heavy (non-hydrogen) atoms. The first-order valence-electron chi connectivity index (χ1n) is 4.93. The largest absolute Gasteiger partial charge is 0.480 e. The van der Waals surface area contributed by atoms with Crippen molar-refractivity contribution in [3.8, 4) is 0 Å². The Bertz CT molecular complexity index is 340. The molecule has 0 unspecified atom stereocenters. The topological polar surface area (TPSA) is 69.6 Å². The average Bonchev–Trinajstić information content (AvgIpc) is 2.29. The van der Waals surface area contributed by atoms with Crippen molar-refractivity contribution in [3.05, 3.63) is 30.3 Å². The fourth-order valence-electron chi connectivity index (χ4n) is 1.36. The molecule has 0 aromatic heterocycles.